The average Bonchev–Trinajstić information content (AvgIpc) is 3.11. The normalized spacial score (nSPS) is 21.9. The van der Waals surface area contributed by atoms with Crippen molar-refractivity contribution in [2.24, 2.45) is 5.16 Å². The number of hydrazine groups is 1. The zero-order valence-corrected chi connectivity index (χ0v) is 19.7. The summed E-state index contributed by atoms with van der Waals surface area (Å²) in [6.45, 7) is 3.50. The molecule has 0 radical (unpaired) electrons. The summed E-state index contributed by atoms with van der Waals surface area (Å²) in [7, 11) is 1.30. The molecular weight excluding hydrogens is 535 g/mol. The molecule has 1 aliphatic rings. The minimum atomic E-state index is -4.89. The first-order valence-corrected chi connectivity index (χ1v) is 10.7. The van der Waals surface area contributed by atoms with Crippen LogP contribution in [-0.4, -0.2) is 52.9 Å². The molecule has 1 aliphatic heterocycles. The number of nitrogens with zero attached hydrogens (tertiary/aromatic N) is 2. The van der Waals surface area contributed by atoms with Crippen molar-refractivity contribution in [2.45, 2.75) is 48.4 Å². The maximum absolute atomic E-state index is 14.0. The van der Waals surface area contributed by atoms with Gasteiger partial charge in [0.15, 0.2) is 0 Å². The van der Waals surface area contributed by atoms with Gasteiger partial charge in [0.1, 0.15) is 6.23 Å². The van der Waals surface area contributed by atoms with Crippen molar-refractivity contribution >= 4 is 40.5 Å². The Morgan fingerprint density at radius 3 is 2.32 bits per heavy atom. The number of nitrogens with one attached hydrogen (secondary N) is 1. The first kappa shape index (κ1) is 28.7. The summed E-state index contributed by atoms with van der Waals surface area (Å²) in [6.07, 6.45) is -10.0. The smallest absolute Gasteiger partial charge is 0.377 e. The molecule has 0 fully saturated rings. The van der Waals surface area contributed by atoms with Gasteiger partial charge in [0.25, 0.3) is 5.60 Å². The molecule has 34 heavy (non-hydrogen) atoms. The number of likely N-dealkylation sites (N-methyl/N-ethyl adjacent to an activating group) is 1. The van der Waals surface area contributed by atoms with Gasteiger partial charge in [-0.25, -0.2) is 10.4 Å². The Morgan fingerprint density at radius 1 is 1.24 bits per heavy atom. The minimum Gasteiger partial charge on any atom is -0.377 e. The Balaban J connectivity index is 2.25. The van der Waals surface area contributed by atoms with Gasteiger partial charge in [0.05, 0.1) is 23.6 Å². The van der Waals surface area contributed by atoms with E-state index in [2.05, 4.69) is 17.2 Å². The first-order chi connectivity index (χ1) is 15.6. The van der Waals surface area contributed by atoms with Crippen LogP contribution >= 0.6 is 34.8 Å². The van der Waals surface area contributed by atoms with Crippen LogP contribution in [0.15, 0.2) is 48.2 Å². The van der Waals surface area contributed by atoms with Crippen LogP contribution in [0.3, 0.4) is 0 Å². The fourth-order valence-electron chi connectivity index (χ4n) is 3.19. The summed E-state index contributed by atoms with van der Waals surface area (Å²) in [6, 6.07) is 2.48. The third-order valence-corrected chi connectivity index (χ3v) is 5.67. The summed E-state index contributed by atoms with van der Waals surface area (Å²) in [5, 5.41) is 13.3. The number of allylic oxidation sites excluding steroid dienone is 1. The molecule has 0 aromatic heterocycles. The number of benzene rings is 1. The number of oxime groups is 1. The van der Waals surface area contributed by atoms with Gasteiger partial charge in [-0.3, -0.25) is 0 Å². The van der Waals surface area contributed by atoms with E-state index < -0.39 is 48.4 Å². The molecule has 1 heterocycles. The number of hydrogen-bond acceptors (Lipinski definition) is 5. The van der Waals surface area contributed by atoms with Gasteiger partial charge >= 0.3 is 12.4 Å². The largest absolute Gasteiger partial charge is 0.435 e. The lowest BCUT2D eigenvalue weighted by molar-refractivity contribution is -0.275. The van der Waals surface area contributed by atoms with Crippen LogP contribution in [0, 0.1) is 0 Å². The van der Waals surface area contributed by atoms with E-state index >= 15 is 0 Å². The van der Waals surface area contributed by atoms with E-state index in [1.165, 1.54) is 31.3 Å². The predicted molar refractivity (Wildman–Crippen MR) is 118 cm³/mol. The van der Waals surface area contributed by atoms with Crippen molar-refractivity contribution in [3.63, 3.8) is 0 Å². The highest BCUT2D eigenvalue weighted by Gasteiger charge is 2.62. The third kappa shape index (κ3) is 7.25. The second kappa shape index (κ2) is 11.0. The van der Waals surface area contributed by atoms with Crippen molar-refractivity contribution in [1.82, 2.24) is 10.4 Å². The Kier molecular flexibility index (Phi) is 9.34. The summed E-state index contributed by atoms with van der Waals surface area (Å²) < 4.78 is 79.6. The maximum Gasteiger partial charge on any atom is 0.435 e. The van der Waals surface area contributed by atoms with E-state index in [4.69, 9.17) is 39.6 Å². The molecule has 2 N–H and O–H groups in total. The second-order valence-corrected chi connectivity index (χ2v) is 8.82. The molecule has 0 aliphatic carbocycles. The highest BCUT2D eigenvalue weighted by molar-refractivity contribution is 6.34. The molecule has 14 heteroatoms. The number of rotatable bonds is 9. The lowest BCUT2D eigenvalue weighted by Gasteiger charge is -2.31. The molecule has 2 rings (SSSR count). The average molecular weight is 555 g/mol. The Hall–Kier alpha value is -1.50. The summed E-state index contributed by atoms with van der Waals surface area (Å²) >= 11 is 17.9. The molecule has 0 bridgehead atoms. The SMILES string of the molecule is C=CC(Cl)C(/C=C/C1=NOC(c2cc(Cl)cc(Cl)c2)(C(F)(F)F)C1)N(C)NC(O)CC(F)(F)F. The van der Waals surface area contributed by atoms with E-state index in [9.17, 15) is 31.4 Å². The van der Waals surface area contributed by atoms with Gasteiger partial charge in [0.2, 0.25) is 0 Å². The predicted octanol–water partition coefficient (Wildman–Crippen LogP) is 5.95. The summed E-state index contributed by atoms with van der Waals surface area (Å²) in [4.78, 5) is 4.86. The highest BCUT2D eigenvalue weighted by atomic mass is 35.5. The zero-order chi connectivity index (χ0) is 25.9. The maximum atomic E-state index is 14.0. The third-order valence-electron chi connectivity index (χ3n) is 4.80. The number of halogens is 9. The first-order valence-electron chi connectivity index (χ1n) is 9.55. The van der Waals surface area contributed by atoms with Gasteiger partial charge < -0.3 is 9.94 Å². The fraction of sp³-hybridized carbons (Fsp3) is 0.450. The van der Waals surface area contributed by atoms with E-state index in [1.54, 1.807) is 0 Å². The molecule has 4 unspecified atom stereocenters. The van der Waals surface area contributed by atoms with Crippen LogP contribution in [-0.2, 0) is 10.4 Å². The van der Waals surface area contributed by atoms with E-state index in [0.717, 1.165) is 17.1 Å². The zero-order valence-electron chi connectivity index (χ0n) is 17.5. The van der Waals surface area contributed by atoms with Crippen LogP contribution in [0.5, 0.6) is 0 Å². The van der Waals surface area contributed by atoms with Crippen molar-refractivity contribution in [3.8, 4) is 0 Å². The monoisotopic (exact) mass is 553 g/mol. The summed E-state index contributed by atoms with van der Waals surface area (Å²) in [5.74, 6) is 0. The Labute approximate surface area is 206 Å². The van der Waals surface area contributed by atoms with Crippen molar-refractivity contribution < 1.29 is 36.3 Å². The molecular formula is C20H20Cl3F6N3O2. The van der Waals surface area contributed by atoms with E-state index in [0.29, 0.717) is 0 Å². The number of alkyl halides is 7. The van der Waals surface area contributed by atoms with Crippen LogP contribution in [0.2, 0.25) is 10.0 Å². The molecule has 0 saturated heterocycles. The van der Waals surface area contributed by atoms with Crippen LogP contribution < -0.4 is 5.43 Å². The molecule has 1 aromatic carbocycles. The fourth-order valence-corrected chi connectivity index (χ4v) is 3.97. The molecule has 5 nitrogen and oxygen atoms in total. The van der Waals surface area contributed by atoms with Crippen LogP contribution in [0.25, 0.3) is 0 Å². The highest BCUT2D eigenvalue weighted by Crippen LogP contribution is 2.49. The topological polar surface area (TPSA) is 57.1 Å². The van der Waals surface area contributed by atoms with E-state index in [1.807, 2.05) is 0 Å². The Morgan fingerprint density at radius 2 is 1.82 bits per heavy atom. The quantitative estimate of drug-likeness (QED) is 0.130. The molecule has 0 saturated carbocycles. The van der Waals surface area contributed by atoms with Crippen LogP contribution in [0.1, 0.15) is 18.4 Å². The van der Waals surface area contributed by atoms with Crippen molar-refractivity contribution in [3.05, 3.63) is 58.6 Å². The number of aliphatic hydroxyl groups is 1. The molecule has 0 spiro atoms. The molecule has 190 valence electrons. The van der Waals surface area contributed by atoms with Gasteiger partial charge in [-0.05, 0) is 24.3 Å². The second-order valence-electron chi connectivity index (χ2n) is 7.44. The molecule has 1 aromatic rings. The molecule has 4 atom stereocenters. The standard InChI is InChI=1S/C20H20Cl3F6N3O2/c1-3-15(23)16(32(2)30-17(33)10-19(24,25)26)5-4-14-9-18(34-31-14,20(27,28)29)11-6-12(21)8-13(22)7-11/h3-8,15-17,30,33H,1,9-10H2,2H3/b5-4+. The Bertz CT molecular complexity index is 921. The van der Waals surface area contributed by atoms with Crippen molar-refractivity contribution in [1.29, 1.82) is 0 Å². The lowest BCUT2D eigenvalue weighted by Crippen LogP contribution is -2.51. The van der Waals surface area contributed by atoms with Gasteiger partial charge in [0, 0.05) is 29.1 Å². The van der Waals surface area contributed by atoms with Gasteiger partial charge in [-0.1, -0.05) is 40.5 Å². The minimum absolute atomic E-state index is 0.0279. The number of aliphatic hydroxyl groups excluding tert-OH is 1. The van der Waals surface area contributed by atoms with Crippen molar-refractivity contribution in [2.75, 3.05) is 7.05 Å². The van der Waals surface area contributed by atoms with Gasteiger partial charge in [-0.2, -0.15) is 26.3 Å². The van der Waals surface area contributed by atoms with E-state index in [-0.39, 0.29) is 21.3 Å². The van der Waals surface area contributed by atoms with Crippen LogP contribution in [0.4, 0.5) is 26.3 Å². The van der Waals surface area contributed by atoms with Gasteiger partial charge in [-0.15, -0.1) is 18.2 Å². The molecule has 0 amide bonds. The summed E-state index contributed by atoms with van der Waals surface area (Å²) in [5.41, 5.74) is -1.11. The lowest BCUT2D eigenvalue weighted by atomic mass is 9.88. The number of hydrogen-bond donors (Lipinski definition) is 2.